The number of rotatable bonds is 6. The van der Waals surface area contributed by atoms with E-state index in [0.29, 0.717) is 25.4 Å². The molecule has 0 radical (unpaired) electrons. The smallest absolute Gasteiger partial charge is 0.223 e. The highest BCUT2D eigenvalue weighted by Crippen LogP contribution is 2.18. The predicted molar refractivity (Wildman–Crippen MR) is 70.6 cm³/mol. The van der Waals surface area contributed by atoms with E-state index in [9.17, 15) is 13.2 Å². The fourth-order valence-corrected chi connectivity index (χ4v) is 2.61. The first-order valence-electron chi connectivity index (χ1n) is 6.33. The maximum atomic E-state index is 11.9. The van der Waals surface area contributed by atoms with Crippen LogP contribution < -0.4 is 15.4 Å². The molecule has 0 spiro atoms. The SMILES string of the molecule is CC1CNCCC1C(=O)NCCCNS(C)(=O)=O. The Kier molecular flexibility index (Phi) is 6.04. The van der Waals surface area contributed by atoms with Crippen molar-refractivity contribution in [3.8, 4) is 0 Å². The van der Waals surface area contributed by atoms with Gasteiger partial charge in [0.05, 0.1) is 6.26 Å². The third-order valence-electron chi connectivity index (χ3n) is 3.14. The molecular formula is C11H23N3O3S. The summed E-state index contributed by atoms with van der Waals surface area (Å²) >= 11 is 0. The summed E-state index contributed by atoms with van der Waals surface area (Å²) in [5, 5.41) is 6.12. The first-order chi connectivity index (χ1) is 8.40. The summed E-state index contributed by atoms with van der Waals surface area (Å²) < 4.78 is 24.0. The number of hydrogen-bond donors (Lipinski definition) is 3. The molecule has 3 N–H and O–H groups in total. The summed E-state index contributed by atoms with van der Waals surface area (Å²) in [5.41, 5.74) is 0. The van der Waals surface area contributed by atoms with Gasteiger partial charge >= 0.3 is 0 Å². The number of hydrogen-bond acceptors (Lipinski definition) is 4. The van der Waals surface area contributed by atoms with Crippen molar-refractivity contribution in [1.29, 1.82) is 0 Å². The lowest BCUT2D eigenvalue weighted by Crippen LogP contribution is -2.43. The van der Waals surface area contributed by atoms with Crippen molar-refractivity contribution < 1.29 is 13.2 Å². The molecule has 6 nitrogen and oxygen atoms in total. The number of amides is 1. The van der Waals surface area contributed by atoms with E-state index in [1.54, 1.807) is 0 Å². The molecule has 1 saturated heterocycles. The first kappa shape index (κ1) is 15.4. The Bertz CT molecular complexity index is 370. The second kappa shape index (κ2) is 7.06. The van der Waals surface area contributed by atoms with Crippen LogP contribution in [0, 0.1) is 11.8 Å². The predicted octanol–water partition coefficient (Wildman–Crippen LogP) is -0.712. The summed E-state index contributed by atoms with van der Waals surface area (Å²) in [5.74, 6) is 0.519. The fraction of sp³-hybridized carbons (Fsp3) is 0.909. The van der Waals surface area contributed by atoms with Crippen LogP contribution >= 0.6 is 0 Å². The summed E-state index contributed by atoms with van der Waals surface area (Å²) in [4.78, 5) is 11.9. The normalized spacial score (nSPS) is 24.8. The number of carbonyl (C=O) groups is 1. The molecule has 1 fully saturated rings. The minimum absolute atomic E-state index is 0.0779. The molecule has 0 saturated carbocycles. The molecule has 106 valence electrons. The zero-order valence-electron chi connectivity index (χ0n) is 11.0. The Morgan fingerprint density at radius 1 is 1.39 bits per heavy atom. The molecule has 2 unspecified atom stereocenters. The van der Waals surface area contributed by atoms with Crippen molar-refractivity contribution in [3.63, 3.8) is 0 Å². The van der Waals surface area contributed by atoms with Crippen LogP contribution in [0.2, 0.25) is 0 Å². The highest BCUT2D eigenvalue weighted by molar-refractivity contribution is 7.88. The Morgan fingerprint density at radius 3 is 2.72 bits per heavy atom. The molecule has 1 rings (SSSR count). The van der Waals surface area contributed by atoms with Crippen LogP contribution in [0.15, 0.2) is 0 Å². The van der Waals surface area contributed by atoms with Gasteiger partial charge < -0.3 is 10.6 Å². The second-order valence-corrected chi connectivity index (χ2v) is 6.72. The molecule has 7 heteroatoms. The van der Waals surface area contributed by atoms with Crippen molar-refractivity contribution in [2.24, 2.45) is 11.8 Å². The Morgan fingerprint density at radius 2 is 2.11 bits per heavy atom. The molecule has 1 aliphatic heterocycles. The van der Waals surface area contributed by atoms with Crippen LogP contribution in [0.4, 0.5) is 0 Å². The summed E-state index contributed by atoms with van der Waals surface area (Å²) in [6.07, 6.45) is 2.61. The third-order valence-corrected chi connectivity index (χ3v) is 3.87. The van der Waals surface area contributed by atoms with Crippen LogP contribution in [-0.4, -0.2) is 46.8 Å². The van der Waals surface area contributed by atoms with Crippen molar-refractivity contribution in [2.45, 2.75) is 19.8 Å². The molecule has 18 heavy (non-hydrogen) atoms. The van der Waals surface area contributed by atoms with Gasteiger partial charge in [-0.2, -0.15) is 0 Å². The van der Waals surface area contributed by atoms with Gasteiger partial charge in [0.1, 0.15) is 0 Å². The highest BCUT2D eigenvalue weighted by atomic mass is 32.2. The summed E-state index contributed by atoms with van der Waals surface area (Å²) in [6, 6.07) is 0. The van der Waals surface area contributed by atoms with E-state index >= 15 is 0 Å². The zero-order valence-corrected chi connectivity index (χ0v) is 11.8. The molecule has 0 aromatic carbocycles. The Balaban J connectivity index is 2.17. The number of piperidine rings is 1. The highest BCUT2D eigenvalue weighted by Gasteiger charge is 2.26. The maximum absolute atomic E-state index is 11.9. The number of carbonyl (C=O) groups excluding carboxylic acids is 1. The zero-order chi connectivity index (χ0) is 13.6. The number of sulfonamides is 1. The minimum Gasteiger partial charge on any atom is -0.356 e. The van der Waals surface area contributed by atoms with E-state index in [0.717, 1.165) is 25.8 Å². The molecule has 0 bridgehead atoms. The van der Waals surface area contributed by atoms with Gasteiger partial charge in [0.2, 0.25) is 15.9 Å². The van der Waals surface area contributed by atoms with Crippen LogP contribution in [-0.2, 0) is 14.8 Å². The summed E-state index contributed by atoms with van der Waals surface area (Å²) in [7, 11) is -3.13. The van der Waals surface area contributed by atoms with Crippen LogP contribution in [0.3, 0.4) is 0 Å². The molecule has 1 heterocycles. The average Bonchev–Trinajstić information content (AvgIpc) is 2.27. The van der Waals surface area contributed by atoms with Gasteiger partial charge in [-0.25, -0.2) is 13.1 Å². The van der Waals surface area contributed by atoms with Crippen molar-refractivity contribution in [3.05, 3.63) is 0 Å². The fourth-order valence-electron chi connectivity index (χ4n) is 2.09. The van der Waals surface area contributed by atoms with E-state index in [-0.39, 0.29) is 11.8 Å². The van der Waals surface area contributed by atoms with Gasteiger partial charge in [-0.1, -0.05) is 6.92 Å². The minimum atomic E-state index is -3.13. The number of nitrogens with one attached hydrogen (secondary N) is 3. The second-order valence-electron chi connectivity index (χ2n) is 4.89. The Labute approximate surface area is 109 Å². The first-order valence-corrected chi connectivity index (χ1v) is 8.22. The largest absolute Gasteiger partial charge is 0.356 e. The molecule has 0 aliphatic carbocycles. The monoisotopic (exact) mass is 277 g/mol. The topological polar surface area (TPSA) is 87.3 Å². The van der Waals surface area contributed by atoms with Crippen molar-refractivity contribution in [1.82, 2.24) is 15.4 Å². The molecule has 0 aromatic rings. The molecule has 1 aliphatic rings. The van der Waals surface area contributed by atoms with E-state index in [1.807, 2.05) is 0 Å². The molecule has 1 amide bonds. The van der Waals surface area contributed by atoms with Gasteiger partial charge in [0.25, 0.3) is 0 Å². The van der Waals surface area contributed by atoms with Crippen LogP contribution in [0.25, 0.3) is 0 Å². The van der Waals surface area contributed by atoms with Gasteiger partial charge in [-0.3, -0.25) is 4.79 Å². The maximum Gasteiger partial charge on any atom is 0.223 e. The molecule has 2 atom stereocenters. The standard InChI is InChI=1S/C11H23N3O3S/c1-9-8-12-7-4-10(9)11(15)13-5-3-6-14-18(2,16)17/h9-10,12,14H,3-8H2,1-2H3,(H,13,15). The lowest BCUT2D eigenvalue weighted by atomic mass is 9.87. The van der Waals surface area contributed by atoms with Gasteiger partial charge in [-0.05, 0) is 31.8 Å². The molecular weight excluding hydrogens is 254 g/mol. The lowest BCUT2D eigenvalue weighted by molar-refractivity contribution is -0.127. The van der Waals surface area contributed by atoms with Crippen molar-refractivity contribution in [2.75, 3.05) is 32.4 Å². The van der Waals surface area contributed by atoms with E-state index in [4.69, 9.17) is 0 Å². The van der Waals surface area contributed by atoms with Gasteiger partial charge in [-0.15, -0.1) is 0 Å². The average molecular weight is 277 g/mol. The van der Waals surface area contributed by atoms with Crippen molar-refractivity contribution >= 4 is 15.9 Å². The van der Waals surface area contributed by atoms with Crippen LogP contribution in [0.1, 0.15) is 19.8 Å². The van der Waals surface area contributed by atoms with E-state index in [1.165, 1.54) is 0 Å². The lowest BCUT2D eigenvalue weighted by Gasteiger charge is -2.28. The summed E-state index contributed by atoms with van der Waals surface area (Å²) in [6.45, 7) is 4.71. The Hall–Kier alpha value is -0.660. The van der Waals surface area contributed by atoms with E-state index in [2.05, 4.69) is 22.3 Å². The van der Waals surface area contributed by atoms with Crippen LogP contribution in [0.5, 0.6) is 0 Å². The van der Waals surface area contributed by atoms with Gasteiger partial charge in [0, 0.05) is 19.0 Å². The molecule has 0 aromatic heterocycles. The van der Waals surface area contributed by atoms with E-state index < -0.39 is 10.0 Å². The third kappa shape index (κ3) is 5.79. The van der Waals surface area contributed by atoms with Gasteiger partial charge in [0.15, 0.2) is 0 Å². The quantitative estimate of drug-likeness (QED) is 0.560.